The summed E-state index contributed by atoms with van der Waals surface area (Å²) >= 11 is 0. The van der Waals surface area contributed by atoms with Gasteiger partial charge in [-0.05, 0) is 43.1 Å². The van der Waals surface area contributed by atoms with E-state index < -0.39 is 0 Å². The number of hydrogen-bond donors (Lipinski definition) is 0. The van der Waals surface area contributed by atoms with Crippen LogP contribution < -0.4 is 0 Å². The molecule has 3 aromatic rings. The lowest BCUT2D eigenvalue weighted by atomic mass is 9.93. The Balaban J connectivity index is 1.44. The Bertz CT molecular complexity index is 893. The maximum atomic E-state index is 8.88. The largest absolute Gasteiger partial charge is 0.419 e. The number of rotatable bonds is 4. The van der Waals surface area contributed by atoms with Crippen LogP contribution in [0.3, 0.4) is 0 Å². The van der Waals surface area contributed by atoms with Gasteiger partial charge in [0.2, 0.25) is 11.8 Å². The van der Waals surface area contributed by atoms with E-state index in [1.807, 2.05) is 30.9 Å². The minimum absolute atomic E-state index is 0.409. The third-order valence-corrected chi connectivity index (χ3v) is 5.00. The number of likely N-dealkylation sites (tertiary alicyclic amines) is 1. The van der Waals surface area contributed by atoms with Crippen LogP contribution in [-0.4, -0.2) is 37.7 Å². The summed E-state index contributed by atoms with van der Waals surface area (Å²) < 4.78 is 8.02. The fourth-order valence-corrected chi connectivity index (χ4v) is 3.42. The summed E-state index contributed by atoms with van der Waals surface area (Å²) in [6.45, 7) is 4.88. The van der Waals surface area contributed by atoms with E-state index in [9.17, 15) is 0 Å². The van der Waals surface area contributed by atoms with Gasteiger partial charge >= 0.3 is 0 Å². The van der Waals surface area contributed by atoms with E-state index in [4.69, 9.17) is 9.68 Å². The summed E-state index contributed by atoms with van der Waals surface area (Å²) in [5.74, 6) is 1.71. The van der Waals surface area contributed by atoms with Gasteiger partial charge < -0.3 is 8.98 Å². The van der Waals surface area contributed by atoms with Gasteiger partial charge in [-0.3, -0.25) is 4.90 Å². The highest BCUT2D eigenvalue weighted by molar-refractivity contribution is 5.54. The number of benzene rings is 1. The molecule has 7 nitrogen and oxygen atoms in total. The fourth-order valence-electron chi connectivity index (χ4n) is 3.42. The van der Waals surface area contributed by atoms with Crippen molar-refractivity contribution in [1.29, 1.82) is 5.26 Å². The quantitative estimate of drug-likeness (QED) is 0.721. The highest BCUT2D eigenvalue weighted by Crippen LogP contribution is 2.28. The molecular weight excluding hydrogens is 328 g/mol. The van der Waals surface area contributed by atoms with Gasteiger partial charge in [-0.1, -0.05) is 6.92 Å². The Hall–Kier alpha value is -2.98. The Kier molecular flexibility index (Phi) is 4.50. The molecule has 0 spiro atoms. The zero-order valence-electron chi connectivity index (χ0n) is 14.6. The Morgan fingerprint density at radius 1 is 1.27 bits per heavy atom. The molecule has 4 rings (SSSR count). The second kappa shape index (κ2) is 7.10. The summed E-state index contributed by atoms with van der Waals surface area (Å²) in [5.41, 5.74) is 1.44. The number of piperidine rings is 1. The van der Waals surface area contributed by atoms with Crippen molar-refractivity contribution in [3.8, 4) is 17.5 Å². The van der Waals surface area contributed by atoms with E-state index in [0.717, 1.165) is 25.1 Å². The van der Waals surface area contributed by atoms with E-state index in [2.05, 4.69) is 37.6 Å². The van der Waals surface area contributed by atoms with Gasteiger partial charge in [0.25, 0.3) is 0 Å². The molecule has 2 aromatic heterocycles. The summed E-state index contributed by atoms with van der Waals surface area (Å²) in [7, 11) is 0. The average molecular weight is 348 g/mol. The Morgan fingerprint density at radius 3 is 2.85 bits per heavy atom. The number of nitrogens with zero attached hydrogens (tertiary/aromatic N) is 6. The molecule has 1 aliphatic rings. The predicted molar refractivity (Wildman–Crippen MR) is 94.8 cm³/mol. The van der Waals surface area contributed by atoms with Crippen LogP contribution >= 0.6 is 0 Å². The summed E-state index contributed by atoms with van der Waals surface area (Å²) in [4.78, 5) is 6.52. The molecule has 3 heterocycles. The minimum Gasteiger partial charge on any atom is -0.419 e. The zero-order chi connectivity index (χ0) is 17.9. The Morgan fingerprint density at radius 2 is 2.12 bits per heavy atom. The summed E-state index contributed by atoms with van der Waals surface area (Å²) in [6, 6.07) is 9.67. The van der Waals surface area contributed by atoms with Gasteiger partial charge in [0, 0.05) is 30.5 Å². The molecule has 1 aliphatic heterocycles. The van der Waals surface area contributed by atoms with Crippen LogP contribution in [-0.2, 0) is 6.54 Å². The lowest BCUT2D eigenvalue weighted by molar-refractivity contribution is 0.117. The second-order valence-electron chi connectivity index (χ2n) is 6.77. The van der Waals surface area contributed by atoms with Crippen LogP contribution in [0.2, 0.25) is 0 Å². The first-order valence-corrected chi connectivity index (χ1v) is 8.75. The molecular formula is C19H20N6O. The lowest BCUT2D eigenvalue weighted by Crippen LogP contribution is -2.40. The minimum atomic E-state index is 0.409. The van der Waals surface area contributed by atoms with E-state index in [-0.39, 0.29) is 0 Å². The smallest absolute Gasteiger partial charge is 0.247 e. The van der Waals surface area contributed by atoms with Crippen molar-refractivity contribution in [1.82, 2.24) is 24.6 Å². The normalized spacial score (nSPS) is 20.8. The van der Waals surface area contributed by atoms with Gasteiger partial charge in [0.1, 0.15) is 0 Å². The van der Waals surface area contributed by atoms with Gasteiger partial charge in [-0.15, -0.1) is 10.2 Å². The highest BCUT2D eigenvalue weighted by atomic mass is 16.4. The van der Waals surface area contributed by atoms with Crippen LogP contribution in [0.4, 0.5) is 0 Å². The standard InChI is InChI=1S/C19H20N6O/c1-14-6-8-24(11-17(14)25-9-7-21-13-25)12-18-22-23-19(26-18)16-4-2-15(10-20)3-5-16/h2-5,7,9,13-14,17H,6,8,11-12H2,1H3/t14-,17-/m1/s1. The van der Waals surface area contributed by atoms with Crippen molar-refractivity contribution in [2.45, 2.75) is 25.9 Å². The fraction of sp³-hybridized carbons (Fsp3) is 0.368. The first-order chi connectivity index (χ1) is 12.7. The lowest BCUT2D eigenvalue weighted by Gasteiger charge is -2.37. The maximum Gasteiger partial charge on any atom is 0.247 e. The van der Waals surface area contributed by atoms with Gasteiger partial charge in [-0.25, -0.2) is 4.98 Å². The van der Waals surface area contributed by atoms with Gasteiger partial charge in [-0.2, -0.15) is 5.26 Å². The van der Waals surface area contributed by atoms with E-state index in [0.29, 0.717) is 35.8 Å². The van der Waals surface area contributed by atoms with Crippen molar-refractivity contribution >= 4 is 0 Å². The second-order valence-corrected chi connectivity index (χ2v) is 6.77. The molecule has 1 saturated heterocycles. The molecule has 0 amide bonds. The molecule has 2 atom stereocenters. The van der Waals surface area contributed by atoms with E-state index in [1.54, 1.807) is 12.1 Å². The molecule has 0 unspecified atom stereocenters. The molecule has 0 N–H and O–H groups in total. The third-order valence-electron chi connectivity index (χ3n) is 5.00. The van der Waals surface area contributed by atoms with Crippen molar-refractivity contribution in [3.63, 3.8) is 0 Å². The van der Waals surface area contributed by atoms with Crippen LogP contribution in [0.25, 0.3) is 11.5 Å². The number of imidazole rings is 1. The molecule has 0 radical (unpaired) electrons. The maximum absolute atomic E-state index is 8.88. The Labute approximate surface area is 151 Å². The number of hydrogen-bond acceptors (Lipinski definition) is 6. The predicted octanol–water partition coefficient (Wildman–Crippen LogP) is 2.89. The van der Waals surface area contributed by atoms with Crippen LogP contribution in [0.5, 0.6) is 0 Å². The topological polar surface area (TPSA) is 83.8 Å². The van der Waals surface area contributed by atoms with Gasteiger partial charge in [0.15, 0.2) is 0 Å². The van der Waals surface area contributed by atoms with Crippen molar-refractivity contribution < 1.29 is 4.42 Å². The molecule has 7 heteroatoms. The summed E-state index contributed by atoms with van der Waals surface area (Å²) in [6.07, 6.45) is 6.87. The first kappa shape index (κ1) is 16.5. The molecule has 1 aromatic carbocycles. The van der Waals surface area contributed by atoms with E-state index >= 15 is 0 Å². The molecule has 1 fully saturated rings. The van der Waals surface area contributed by atoms with Crippen molar-refractivity contribution in [2.75, 3.05) is 13.1 Å². The molecule has 0 saturated carbocycles. The number of aromatic nitrogens is 4. The average Bonchev–Trinajstić information content (AvgIpc) is 3.35. The first-order valence-electron chi connectivity index (χ1n) is 8.75. The van der Waals surface area contributed by atoms with Gasteiger partial charge in [0.05, 0.1) is 24.5 Å². The van der Waals surface area contributed by atoms with E-state index in [1.165, 1.54) is 0 Å². The molecule has 132 valence electrons. The van der Waals surface area contributed by atoms with Crippen molar-refractivity contribution in [3.05, 3.63) is 54.4 Å². The zero-order valence-corrected chi connectivity index (χ0v) is 14.6. The monoisotopic (exact) mass is 348 g/mol. The van der Waals surface area contributed by atoms with Crippen LogP contribution in [0.15, 0.2) is 47.4 Å². The molecule has 26 heavy (non-hydrogen) atoms. The highest BCUT2D eigenvalue weighted by Gasteiger charge is 2.28. The van der Waals surface area contributed by atoms with Crippen LogP contribution in [0, 0.1) is 17.2 Å². The SMILES string of the molecule is C[C@@H]1CCN(Cc2nnc(-c3ccc(C#N)cc3)o2)C[C@H]1n1ccnc1. The molecule has 0 aliphatic carbocycles. The van der Waals surface area contributed by atoms with Crippen LogP contribution in [0.1, 0.15) is 30.8 Å². The summed E-state index contributed by atoms with van der Waals surface area (Å²) in [5, 5.41) is 17.2. The molecule has 0 bridgehead atoms. The number of nitriles is 1. The third kappa shape index (κ3) is 3.37. The van der Waals surface area contributed by atoms with Crippen molar-refractivity contribution in [2.24, 2.45) is 5.92 Å².